The van der Waals surface area contributed by atoms with Gasteiger partial charge in [0.25, 0.3) is 0 Å². The van der Waals surface area contributed by atoms with E-state index in [-0.39, 0.29) is 0 Å². The number of hydrogen-bond donors (Lipinski definition) is 0. The number of nitrogens with zero attached hydrogens (tertiary/aromatic N) is 1. The third-order valence-corrected chi connectivity index (χ3v) is 7.46. The molecule has 8 rings (SSSR count). The van der Waals surface area contributed by atoms with Gasteiger partial charge in [-0.2, -0.15) is 0 Å². The summed E-state index contributed by atoms with van der Waals surface area (Å²) in [6, 6.07) is 38.0. The molecule has 7 aromatic rings. The van der Waals surface area contributed by atoms with Gasteiger partial charge in [0.05, 0.1) is 0 Å². The largest absolute Gasteiger partial charge is 0.264 e. The molecule has 0 saturated heterocycles. The summed E-state index contributed by atoms with van der Waals surface area (Å²) in [4.78, 5) is 4.35. The lowest BCUT2D eigenvalue weighted by atomic mass is 9.88. The van der Waals surface area contributed by atoms with Gasteiger partial charge in [0.15, 0.2) is 0 Å². The Balaban J connectivity index is 1.54. The maximum atomic E-state index is 4.35. The molecule has 156 valence electrons. The molecule has 0 aliphatic heterocycles. The molecule has 0 unspecified atom stereocenters. The molecule has 6 aromatic carbocycles. The van der Waals surface area contributed by atoms with Crippen LogP contribution in [0.25, 0.3) is 76.5 Å². The number of rotatable bonds is 1. The maximum Gasteiger partial charge on any atom is 0.0346 e. The van der Waals surface area contributed by atoms with Crippen LogP contribution in [0.4, 0.5) is 0 Å². The molecule has 0 bridgehead atoms. The molecule has 1 heterocycles. The van der Waals surface area contributed by atoms with Gasteiger partial charge in [-0.15, -0.1) is 0 Å². The van der Waals surface area contributed by atoms with Gasteiger partial charge in [-0.25, -0.2) is 0 Å². The van der Waals surface area contributed by atoms with Crippen LogP contribution in [-0.2, 0) is 0 Å². The lowest BCUT2D eigenvalue weighted by Crippen LogP contribution is -1.88. The van der Waals surface area contributed by atoms with E-state index in [2.05, 4.69) is 108 Å². The second kappa shape index (κ2) is 6.52. The first-order chi connectivity index (χ1) is 16.9. The van der Waals surface area contributed by atoms with E-state index in [9.17, 15) is 0 Å². The van der Waals surface area contributed by atoms with Crippen LogP contribution in [0.1, 0.15) is 0 Å². The first kappa shape index (κ1) is 18.0. The molecule has 1 aliphatic rings. The maximum absolute atomic E-state index is 4.35. The van der Waals surface area contributed by atoms with Gasteiger partial charge in [0.2, 0.25) is 0 Å². The zero-order valence-electron chi connectivity index (χ0n) is 18.4. The van der Waals surface area contributed by atoms with E-state index in [1.165, 1.54) is 76.5 Å². The summed E-state index contributed by atoms with van der Waals surface area (Å²) >= 11 is 0. The van der Waals surface area contributed by atoms with Crippen LogP contribution in [0.3, 0.4) is 0 Å². The number of pyridine rings is 1. The predicted octanol–water partition coefficient (Wildman–Crippen LogP) is 9.01. The summed E-state index contributed by atoms with van der Waals surface area (Å²) in [6.07, 6.45) is 3.81. The molecule has 0 radical (unpaired) electrons. The van der Waals surface area contributed by atoms with Crippen molar-refractivity contribution in [2.24, 2.45) is 0 Å². The van der Waals surface area contributed by atoms with Crippen LogP contribution in [0.15, 0.2) is 116 Å². The Hall–Kier alpha value is -4.49. The van der Waals surface area contributed by atoms with Crippen molar-refractivity contribution in [3.8, 4) is 33.4 Å². The molecule has 1 heteroatoms. The zero-order valence-corrected chi connectivity index (χ0v) is 18.4. The Kier molecular flexibility index (Phi) is 3.45. The van der Waals surface area contributed by atoms with Gasteiger partial charge in [-0.3, -0.25) is 4.98 Å². The van der Waals surface area contributed by atoms with Crippen LogP contribution >= 0.6 is 0 Å². The number of aromatic nitrogens is 1. The molecule has 1 nitrogen and oxygen atoms in total. The number of benzene rings is 6. The number of fused-ring (bicyclic) bond motifs is 8. The fraction of sp³-hybridized carbons (Fsp3) is 0. The fourth-order valence-electron chi connectivity index (χ4n) is 5.94. The summed E-state index contributed by atoms with van der Waals surface area (Å²) in [7, 11) is 0. The lowest BCUT2D eigenvalue weighted by Gasteiger charge is -2.15. The van der Waals surface area contributed by atoms with Crippen molar-refractivity contribution >= 4 is 43.1 Å². The molecule has 0 amide bonds. The summed E-state index contributed by atoms with van der Waals surface area (Å²) in [5, 5.41) is 10.3. The van der Waals surface area contributed by atoms with Crippen molar-refractivity contribution in [1.82, 2.24) is 4.98 Å². The van der Waals surface area contributed by atoms with E-state index >= 15 is 0 Å². The van der Waals surface area contributed by atoms with Gasteiger partial charge in [0, 0.05) is 17.8 Å². The van der Waals surface area contributed by atoms with E-state index in [1.54, 1.807) is 0 Å². The van der Waals surface area contributed by atoms with E-state index < -0.39 is 0 Å². The Bertz CT molecular complexity index is 1960. The molecular weight excluding hydrogens is 410 g/mol. The van der Waals surface area contributed by atoms with Gasteiger partial charge < -0.3 is 0 Å². The first-order valence-corrected chi connectivity index (χ1v) is 11.7. The third-order valence-electron chi connectivity index (χ3n) is 7.46. The Labute approximate surface area is 196 Å². The van der Waals surface area contributed by atoms with Crippen LogP contribution in [0.2, 0.25) is 0 Å². The second-order valence-corrected chi connectivity index (χ2v) is 9.20. The average Bonchev–Trinajstić information content (AvgIpc) is 3.23. The topological polar surface area (TPSA) is 12.9 Å². The molecule has 1 aliphatic carbocycles. The summed E-state index contributed by atoms with van der Waals surface area (Å²) in [5.41, 5.74) is 7.87. The van der Waals surface area contributed by atoms with Crippen LogP contribution in [0, 0.1) is 0 Å². The monoisotopic (exact) mass is 429 g/mol. The molecule has 0 fully saturated rings. The summed E-state index contributed by atoms with van der Waals surface area (Å²) in [6.45, 7) is 0. The molecule has 0 N–H and O–H groups in total. The minimum atomic E-state index is 1.17. The van der Waals surface area contributed by atoms with E-state index in [0.717, 1.165) is 0 Å². The van der Waals surface area contributed by atoms with Crippen molar-refractivity contribution in [3.63, 3.8) is 0 Å². The Morgan fingerprint density at radius 1 is 0.412 bits per heavy atom. The molecular formula is C33H19N. The van der Waals surface area contributed by atoms with Crippen molar-refractivity contribution in [2.75, 3.05) is 0 Å². The van der Waals surface area contributed by atoms with E-state index in [0.29, 0.717) is 0 Å². The molecule has 0 saturated carbocycles. The summed E-state index contributed by atoms with van der Waals surface area (Å²) < 4.78 is 0. The van der Waals surface area contributed by atoms with Gasteiger partial charge >= 0.3 is 0 Å². The lowest BCUT2D eigenvalue weighted by molar-refractivity contribution is 1.36. The summed E-state index contributed by atoms with van der Waals surface area (Å²) in [5.74, 6) is 0. The smallest absolute Gasteiger partial charge is 0.0346 e. The van der Waals surface area contributed by atoms with Crippen molar-refractivity contribution in [2.45, 2.75) is 0 Å². The predicted molar refractivity (Wildman–Crippen MR) is 144 cm³/mol. The van der Waals surface area contributed by atoms with Gasteiger partial charge in [0.1, 0.15) is 0 Å². The highest BCUT2D eigenvalue weighted by atomic mass is 14.6. The quantitative estimate of drug-likeness (QED) is 0.237. The minimum absolute atomic E-state index is 1.17. The zero-order chi connectivity index (χ0) is 22.2. The highest BCUT2D eigenvalue weighted by Gasteiger charge is 2.23. The molecule has 1 aromatic heterocycles. The van der Waals surface area contributed by atoms with Crippen LogP contribution < -0.4 is 0 Å². The Morgan fingerprint density at radius 3 is 2.03 bits per heavy atom. The first-order valence-electron chi connectivity index (χ1n) is 11.7. The van der Waals surface area contributed by atoms with Crippen molar-refractivity contribution in [3.05, 3.63) is 116 Å². The molecule has 34 heavy (non-hydrogen) atoms. The normalized spacial score (nSPS) is 12.1. The van der Waals surface area contributed by atoms with Gasteiger partial charge in [-0.1, -0.05) is 78.9 Å². The fourth-order valence-corrected chi connectivity index (χ4v) is 5.94. The van der Waals surface area contributed by atoms with Crippen molar-refractivity contribution in [1.29, 1.82) is 0 Å². The van der Waals surface area contributed by atoms with E-state index in [1.807, 2.05) is 12.4 Å². The second-order valence-electron chi connectivity index (χ2n) is 9.20. The van der Waals surface area contributed by atoms with E-state index in [4.69, 9.17) is 0 Å². The Morgan fingerprint density at radius 2 is 1.12 bits per heavy atom. The minimum Gasteiger partial charge on any atom is -0.264 e. The average molecular weight is 430 g/mol. The SMILES string of the molecule is c1ccc2c(c1)-c1cccc3c1c-2cc1c2ccccc2c(-c2ccc4ccncc4c2)cc31. The molecule has 0 spiro atoms. The van der Waals surface area contributed by atoms with Gasteiger partial charge in [-0.05, 0) is 95.3 Å². The highest BCUT2D eigenvalue weighted by Crippen LogP contribution is 2.50. The van der Waals surface area contributed by atoms with Crippen LogP contribution in [-0.4, -0.2) is 4.98 Å². The highest BCUT2D eigenvalue weighted by molar-refractivity contribution is 6.28. The van der Waals surface area contributed by atoms with Crippen LogP contribution in [0.5, 0.6) is 0 Å². The third kappa shape index (κ3) is 2.31. The standard InChI is InChI=1S/C33H19N/c1-4-9-26-23(6-1)27-10-5-11-28-31-17-29(21-13-12-20-14-15-34-19-22(20)16-21)24-7-2-3-8-25(24)30(31)18-32(26)33(27)28/h1-19H. The number of hydrogen-bond acceptors (Lipinski definition) is 1. The van der Waals surface area contributed by atoms with Crippen molar-refractivity contribution < 1.29 is 0 Å². The molecule has 0 atom stereocenters.